The first kappa shape index (κ1) is 17.7. The van der Waals surface area contributed by atoms with Crippen molar-refractivity contribution in [3.05, 3.63) is 35.6 Å². The molecule has 1 aromatic heterocycles. The molecule has 1 aliphatic rings. The van der Waals surface area contributed by atoms with Gasteiger partial charge >= 0.3 is 6.09 Å². The maximum atomic E-state index is 14.0. The second-order valence-corrected chi connectivity index (χ2v) is 7.72. The molecule has 0 saturated carbocycles. The predicted octanol–water partition coefficient (Wildman–Crippen LogP) is 5.07. The van der Waals surface area contributed by atoms with Gasteiger partial charge in [0.1, 0.15) is 11.2 Å². The minimum absolute atomic E-state index is 0.0116. The fourth-order valence-corrected chi connectivity index (χ4v) is 3.48. The standard InChI is InChI=1S/C19H23F2NO3/c1-11-10-22(18(23)25-19(2,3)4)7-5-12(11)14-9-15(20)16(21)13-6-8-24-17(13)14/h6,8-9,11-12H,5,7,10H2,1-4H3. The third kappa shape index (κ3) is 3.48. The third-order valence-electron chi connectivity index (χ3n) is 4.61. The summed E-state index contributed by atoms with van der Waals surface area (Å²) >= 11 is 0. The van der Waals surface area contributed by atoms with Crippen LogP contribution < -0.4 is 0 Å². The minimum atomic E-state index is -0.883. The molecular weight excluding hydrogens is 328 g/mol. The summed E-state index contributed by atoms with van der Waals surface area (Å²) in [4.78, 5) is 13.9. The Hall–Kier alpha value is -2.11. The van der Waals surface area contributed by atoms with Crippen LogP contribution in [0.3, 0.4) is 0 Å². The molecule has 2 heterocycles. The molecule has 0 aliphatic carbocycles. The number of carbonyl (C=O) groups is 1. The lowest BCUT2D eigenvalue weighted by Gasteiger charge is -2.37. The highest BCUT2D eigenvalue weighted by molar-refractivity contribution is 5.82. The van der Waals surface area contributed by atoms with Crippen LogP contribution in [0.5, 0.6) is 0 Å². The molecule has 2 aromatic rings. The number of amides is 1. The van der Waals surface area contributed by atoms with Crippen molar-refractivity contribution in [1.29, 1.82) is 0 Å². The van der Waals surface area contributed by atoms with Gasteiger partial charge in [-0.3, -0.25) is 0 Å². The molecule has 0 spiro atoms. The average Bonchev–Trinajstić information content (AvgIpc) is 2.99. The molecule has 4 nitrogen and oxygen atoms in total. The van der Waals surface area contributed by atoms with Crippen LogP contribution in [0, 0.1) is 17.6 Å². The maximum absolute atomic E-state index is 14.0. The van der Waals surface area contributed by atoms with Crippen LogP contribution in [0.4, 0.5) is 13.6 Å². The van der Waals surface area contributed by atoms with Crippen molar-refractivity contribution in [3.8, 4) is 0 Å². The summed E-state index contributed by atoms with van der Waals surface area (Å²) in [5.74, 6) is -1.70. The molecule has 1 saturated heterocycles. The van der Waals surface area contributed by atoms with Gasteiger partial charge < -0.3 is 14.1 Å². The maximum Gasteiger partial charge on any atom is 0.410 e. The van der Waals surface area contributed by atoms with Gasteiger partial charge in [0, 0.05) is 18.7 Å². The first-order valence-electron chi connectivity index (χ1n) is 8.50. The summed E-state index contributed by atoms with van der Waals surface area (Å²) in [6.07, 6.45) is 1.67. The summed E-state index contributed by atoms with van der Waals surface area (Å²) in [6, 6.07) is 2.67. The van der Waals surface area contributed by atoms with Gasteiger partial charge in [0.15, 0.2) is 11.6 Å². The van der Waals surface area contributed by atoms with E-state index in [0.29, 0.717) is 30.7 Å². The summed E-state index contributed by atoms with van der Waals surface area (Å²) in [7, 11) is 0. The SMILES string of the molecule is CC1CN(C(=O)OC(C)(C)C)CCC1c1cc(F)c(F)c2ccoc12. The quantitative estimate of drug-likeness (QED) is 0.720. The van der Waals surface area contributed by atoms with Crippen molar-refractivity contribution in [2.45, 2.75) is 45.6 Å². The molecule has 0 bridgehead atoms. The van der Waals surface area contributed by atoms with Crippen LogP contribution in [0.15, 0.2) is 22.8 Å². The lowest BCUT2D eigenvalue weighted by molar-refractivity contribution is 0.0155. The van der Waals surface area contributed by atoms with Crippen LogP contribution in [-0.2, 0) is 4.74 Å². The molecule has 136 valence electrons. The fraction of sp³-hybridized carbons (Fsp3) is 0.526. The Morgan fingerprint density at radius 3 is 2.72 bits per heavy atom. The number of nitrogens with zero attached hydrogens (tertiary/aromatic N) is 1. The van der Waals surface area contributed by atoms with Gasteiger partial charge in [-0.15, -0.1) is 0 Å². The summed E-state index contributed by atoms with van der Waals surface area (Å²) in [6.45, 7) is 8.49. The molecule has 2 atom stereocenters. The number of furan rings is 1. The number of ether oxygens (including phenoxy) is 1. The molecule has 0 radical (unpaired) electrons. The molecule has 6 heteroatoms. The lowest BCUT2D eigenvalue weighted by Crippen LogP contribution is -2.44. The van der Waals surface area contributed by atoms with Gasteiger partial charge in [0.25, 0.3) is 0 Å². The monoisotopic (exact) mass is 351 g/mol. The number of fused-ring (bicyclic) bond motifs is 1. The van der Waals surface area contributed by atoms with Gasteiger partial charge in [-0.05, 0) is 51.2 Å². The zero-order valence-corrected chi connectivity index (χ0v) is 14.9. The van der Waals surface area contributed by atoms with E-state index in [1.807, 2.05) is 27.7 Å². The first-order valence-corrected chi connectivity index (χ1v) is 8.50. The lowest BCUT2D eigenvalue weighted by atomic mass is 9.81. The third-order valence-corrected chi connectivity index (χ3v) is 4.61. The van der Waals surface area contributed by atoms with Crippen molar-refractivity contribution >= 4 is 17.1 Å². The summed E-state index contributed by atoms with van der Waals surface area (Å²) in [5, 5.41) is 0.164. The number of halogens is 2. The topological polar surface area (TPSA) is 42.7 Å². The fourth-order valence-electron chi connectivity index (χ4n) is 3.48. The Kier molecular flexibility index (Phi) is 4.47. The Bertz CT molecular complexity index is 794. The van der Waals surface area contributed by atoms with E-state index >= 15 is 0 Å². The number of carbonyl (C=O) groups excluding carboxylic acids is 1. The van der Waals surface area contributed by atoms with Crippen LogP contribution in [-0.4, -0.2) is 29.7 Å². The second kappa shape index (κ2) is 6.32. The van der Waals surface area contributed by atoms with E-state index < -0.39 is 17.2 Å². The number of hydrogen-bond acceptors (Lipinski definition) is 3. The Labute approximate surface area is 145 Å². The molecule has 25 heavy (non-hydrogen) atoms. The number of benzene rings is 1. The zero-order chi connectivity index (χ0) is 18.4. The number of likely N-dealkylation sites (tertiary alicyclic amines) is 1. The van der Waals surface area contributed by atoms with Crippen LogP contribution in [0.2, 0.25) is 0 Å². The molecule has 3 rings (SSSR count). The van der Waals surface area contributed by atoms with E-state index in [0.717, 1.165) is 0 Å². The molecule has 2 unspecified atom stereocenters. The van der Waals surface area contributed by atoms with Crippen LogP contribution in [0.1, 0.15) is 45.6 Å². The van der Waals surface area contributed by atoms with Gasteiger partial charge in [0.2, 0.25) is 0 Å². The van der Waals surface area contributed by atoms with Crippen molar-refractivity contribution in [2.24, 2.45) is 5.92 Å². The highest BCUT2D eigenvalue weighted by atomic mass is 19.2. The Balaban J connectivity index is 1.82. The van der Waals surface area contributed by atoms with Crippen molar-refractivity contribution in [1.82, 2.24) is 4.90 Å². The zero-order valence-electron chi connectivity index (χ0n) is 14.9. The van der Waals surface area contributed by atoms with E-state index in [4.69, 9.17) is 9.15 Å². The summed E-state index contributed by atoms with van der Waals surface area (Å²) in [5.41, 5.74) is 0.508. The van der Waals surface area contributed by atoms with E-state index in [1.165, 1.54) is 18.4 Å². The Morgan fingerprint density at radius 1 is 1.36 bits per heavy atom. The first-order chi connectivity index (χ1) is 11.7. The number of hydrogen-bond donors (Lipinski definition) is 0. The Morgan fingerprint density at radius 2 is 2.08 bits per heavy atom. The largest absolute Gasteiger partial charge is 0.464 e. The number of piperidine rings is 1. The predicted molar refractivity (Wildman–Crippen MR) is 90.5 cm³/mol. The summed E-state index contributed by atoms with van der Waals surface area (Å²) < 4.78 is 38.7. The van der Waals surface area contributed by atoms with Gasteiger partial charge in [0.05, 0.1) is 11.6 Å². The van der Waals surface area contributed by atoms with E-state index in [9.17, 15) is 13.6 Å². The van der Waals surface area contributed by atoms with Crippen molar-refractivity contribution in [3.63, 3.8) is 0 Å². The smallest absolute Gasteiger partial charge is 0.410 e. The van der Waals surface area contributed by atoms with Gasteiger partial charge in [-0.2, -0.15) is 0 Å². The molecule has 0 N–H and O–H groups in total. The van der Waals surface area contributed by atoms with Gasteiger partial charge in [-0.25, -0.2) is 13.6 Å². The van der Waals surface area contributed by atoms with Crippen LogP contribution in [0.25, 0.3) is 11.0 Å². The normalized spacial score (nSPS) is 21.6. The highest BCUT2D eigenvalue weighted by Gasteiger charge is 2.34. The van der Waals surface area contributed by atoms with E-state index in [2.05, 4.69) is 0 Å². The van der Waals surface area contributed by atoms with E-state index in [-0.39, 0.29) is 23.3 Å². The van der Waals surface area contributed by atoms with Crippen molar-refractivity contribution in [2.75, 3.05) is 13.1 Å². The minimum Gasteiger partial charge on any atom is -0.464 e. The van der Waals surface area contributed by atoms with Crippen LogP contribution >= 0.6 is 0 Å². The van der Waals surface area contributed by atoms with Gasteiger partial charge in [-0.1, -0.05) is 6.92 Å². The highest BCUT2D eigenvalue weighted by Crippen LogP contribution is 2.38. The number of rotatable bonds is 1. The molecule has 1 aromatic carbocycles. The van der Waals surface area contributed by atoms with E-state index in [1.54, 1.807) is 4.90 Å². The van der Waals surface area contributed by atoms with Crippen molar-refractivity contribution < 1.29 is 22.7 Å². The average molecular weight is 351 g/mol. The molecule has 1 fully saturated rings. The molecule has 1 aliphatic heterocycles. The molecule has 1 amide bonds. The second-order valence-electron chi connectivity index (χ2n) is 7.72. The molecular formula is C19H23F2NO3.